The molecule has 0 unspecified atom stereocenters. The second-order valence-corrected chi connectivity index (χ2v) is 5.10. The number of thioether (sulfide) groups is 1. The average molecular weight is 220 g/mol. The Bertz CT molecular complexity index is 202. The first-order valence-electron chi connectivity index (χ1n) is 4.78. The largest absolute Gasteiger partial charge is 0.335 e. The summed E-state index contributed by atoms with van der Waals surface area (Å²) in [6.45, 7) is 0. The smallest absolute Gasteiger partial charge is 0.238 e. The number of carbonyl (C=O) groups is 1. The summed E-state index contributed by atoms with van der Waals surface area (Å²) in [5.41, 5.74) is 0. The topological polar surface area (TPSA) is 20.3 Å². The Hall–Kier alpha value is 0.110. The van der Waals surface area contributed by atoms with Gasteiger partial charge in [0, 0.05) is 17.8 Å². The van der Waals surface area contributed by atoms with Gasteiger partial charge in [-0.3, -0.25) is 4.79 Å². The van der Waals surface area contributed by atoms with Gasteiger partial charge in [0.25, 0.3) is 0 Å². The highest BCUT2D eigenvalue weighted by molar-refractivity contribution is 7.99. The molecule has 13 heavy (non-hydrogen) atoms. The van der Waals surface area contributed by atoms with Crippen molar-refractivity contribution in [1.29, 1.82) is 0 Å². The van der Waals surface area contributed by atoms with E-state index in [-0.39, 0.29) is 11.8 Å². The molecule has 0 aromatic carbocycles. The number of amides is 1. The molecule has 1 saturated carbocycles. The fourth-order valence-corrected chi connectivity index (χ4v) is 3.21. The van der Waals surface area contributed by atoms with E-state index in [0.29, 0.717) is 12.1 Å². The Morgan fingerprint density at radius 3 is 2.62 bits per heavy atom. The molecule has 0 bridgehead atoms. The minimum absolute atomic E-state index is 0.136. The van der Waals surface area contributed by atoms with Gasteiger partial charge in [0.15, 0.2) is 0 Å². The average Bonchev–Trinajstić information content (AvgIpc) is 2.81. The van der Waals surface area contributed by atoms with Gasteiger partial charge in [0.1, 0.15) is 5.88 Å². The highest BCUT2D eigenvalue weighted by atomic mass is 35.5. The Kier molecular flexibility index (Phi) is 3.04. The van der Waals surface area contributed by atoms with E-state index in [0.717, 1.165) is 12.2 Å². The molecule has 1 aliphatic heterocycles. The molecule has 2 rings (SSSR count). The van der Waals surface area contributed by atoms with Gasteiger partial charge in [0.05, 0.1) is 0 Å². The lowest BCUT2D eigenvalue weighted by molar-refractivity contribution is -0.130. The maximum Gasteiger partial charge on any atom is 0.238 e. The zero-order valence-electron chi connectivity index (χ0n) is 7.54. The quantitative estimate of drug-likeness (QED) is 0.674. The lowest BCUT2D eigenvalue weighted by Gasteiger charge is -2.27. The van der Waals surface area contributed by atoms with Crippen molar-refractivity contribution in [2.75, 3.05) is 17.4 Å². The van der Waals surface area contributed by atoms with Crippen molar-refractivity contribution in [1.82, 2.24) is 4.90 Å². The van der Waals surface area contributed by atoms with Crippen LogP contribution in [0.4, 0.5) is 0 Å². The van der Waals surface area contributed by atoms with E-state index < -0.39 is 0 Å². The van der Waals surface area contributed by atoms with E-state index >= 15 is 0 Å². The number of hydrogen-bond donors (Lipinski definition) is 0. The van der Waals surface area contributed by atoms with Gasteiger partial charge in [-0.25, -0.2) is 0 Å². The van der Waals surface area contributed by atoms with Crippen molar-refractivity contribution < 1.29 is 4.79 Å². The third-order valence-corrected chi connectivity index (χ3v) is 4.02. The molecule has 2 aliphatic rings. The molecule has 1 saturated heterocycles. The molecule has 0 spiro atoms. The van der Waals surface area contributed by atoms with Gasteiger partial charge in [-0.1, -0.05) is 0 Å². The van der Waals surface area contributed by atoms with Crippen LogP contribution >= 0.6 is 23.4 Å². The maximum absolute atomic E-state index is 11.6. The van der Waals surface area contributed by atoms with E-state index in [9.17, 15) is 4.79 Å². The molecule has 0 N–H and O–H groups in total. The molecule has 0 aromatic heterocycles. The van der Waals surface area contributed by atoms with Gasteiger partial charge in [-0.2, -0.15) is 11.8 Å². The molecular weight excluding hydrogens is 206 g/mol. The summed E-state index contributed by atoms with van der Waals surface area (Å²) in [6.07, 6.45) is 3.53. The summed E-state index contributed by atoms with van der Waals surface area (Å²) in [5, 5.41) is 0. The Balaban J connectivity index is 1.99. The zero-order chi connectivity index (χ0) is 9.26. The first kappa shape index (κ1) is 9.66. The van der Waals surface area contributed by atoms with Gasteiger partial charge < -0.3 is 4.90 Å². The molecule has 1 amide bonds. The van der Waals surface area contributed by atoms with E-state index in [1.165, 1.54) is 18.6 Å². The standard InChI is InChI=1S/C9H14ClNOS/c10-5-9(12)11(7-1-2-7)8-3-4-13-6-8/h7-8H,1-6H2/t8-/m0/s1. The molecular formula is C9H14ClNOS. The second kappa shape index (κ2) is 4.09. The third-order valence-electron chi connectivity index (χ3n) is 2.64. The minimum Gasteiger partial charge on any atom is -0.335 e. The van der Waals surface area contributed by atoms with Gasteiger partial charge in [-0.15, -0.1) is 11.6 Å². The third kappa shape index (κ3) is 2.13. The normalized spacial score (nSPS) is 27.6. The van der Waals surface area contributed by atoms with Crippen molar-refractivity contribution in [2.45, 2.75) is 31.3 Å². The lowest BCUT2D eigenvalue weighted by Crippen LogP contribution is -2.42. The van der Waals surface area contributed by atoms with Crippen LogP contribution in [0.2, 0.25) is 0 Å². The zero-order valence-corrected chi connectivity index (χ0v) is 9.11. The minimum atomic E-state index is 0.136. The van der Waals surface area contributed by atoms with Crippen molar-refractivity contribution in [3.05, 3.63) is 0 Å². The Morgan fingerprint density at radius 1 is 1.38 bits per heavy atom. The van der Waals surface area contributed by atoms with Crippen molar-refractivity contribution in [3.63, 3.8) is 0 Å². The molecule has 1 atom stereocenters. The van der Waals surface area contributed by atoms with Gasteiger partial charge in [0.2, 0.25) is 5.91 Å². The van der Waals surface area contributed by atoms with Crippen LogP contribution in [0.25, 0.3) is 0 Å². The predicted molar refractivity (Wildman–Crippen MR) is 56.3 cm³/mol. The second-order valence-electron chi connectivity index (χ2n) is 3.68. The summed E-state index contributed by atoms with van der Waals surface area (Å²) in [7, 11) is 0. The molecule has 2 nitrogen and oxygen atoms in total. The fourth-order valence-electron chi connectivity index (χ4n) is 1.87. The monoisotopic (exact) mass is 219 g/mol. The number of hydrogen-bond acceptors (Lipinski definition) is 2. The van der Waals surface area contributed by atoms with Crippen molar-refractivity contribution in [2.24, 2.45) is 0 Å². The van der Waals surface area contributed by atoms with Crippen molar-refractivity contribution in [3.8, 4) is 0 Å². The molecule has 4 heteroatoms. The number of nitrogens with zero attached hydrogens (tertiary/aromatic N) is 1. The highest BCUT2D eigenvalue weighted by Crippen LogP contribution is 2.33. The fraction of sp³-hybridized carbons (Fsp3) is 0.889. The first-order valence-corrected chi connectivity index (χ1v) is 6.46. The maximum atomic E-state index is 11.6. The predicted octanol–water partition coefficient (Wildman–Crippen LogP) is 1.72. The van der Waals surface area contributed by atoms with E-state index in [2.05, 4.69) is 0 Å². The Morgan fingerprint density at radius 2 is 2.15 bits per heavy atom. The van der Waals surface area contributed by atoms with Crippen LogP contribution in [0.1, 0.15) is 19.3 Å². The van der Waals surface area contributed by atoms with Crippen LogP contribution in [-0.2, 0) is 4.79 Å². The molecule has 1 heterocycles. The SMILES string of the molecule is O=C(CCl)N(C1CC1)[C@H]1CCSC1. The summed E-state index contributed by atoms with van der Waals surface area (Å²) in [5.74, 6) is 2.59. The van der Waals surface area contributed by atoms with Crippen LogP contribution < -0.4 is 0 Å². The summed E-state index contributed by atoms with van der Waals surface area (Å²) in [6, 6.07) is 0.999. The molecule has 2 fully saturated rings. The number of halogens is 1. The Labute approximate surface area is 88.0 Å². The lowest BCUT2D eigenvalue weighted by atomic mass is 10.2. The summed E-state index contributed by atoms with van der Waals surface area (Å²) < 4.78 is 0. The van der Waals surface area contributed by atoms with Crippen LogP contribution in [0.15, 0.2) is 0 Å². The van der Waals surface area contributed by atoms with E-state index in [4.69, 9.17) is 11.6 Å². The molecule has 0 aromatic rings. The summed E-state index contributed by atoms with van der Waals surface area (Å²) >= 11 is 7.55. The number of alkyl halides is 1. The summed E-state index contributed by atoms with van der Waals surface area (Å²) in [4.78, 5) is 13.6. The van der Waals surface area contributed by atoms with Gasteiger partial charge >= 0.3 is 0 Å². The first-order chi connectivity index (χ1) is 6.33. The van der Waals surface area contributed by atoms with Gasteiger partial charge in [-0.05, 0) is 25.0 Å². The van der Waals surface area contributed by atoms with Crippen LogP contribution in [0, 0.1) is 0 Å². The van der Waals surface area contributed by atoms with Crippen LogP contribution in [-0.4, -0.2) is 40.3 Å². The van der Waals surface area contributed by atoms with Crippen LogP contribution in [0.5, 0.6) is 0 Å². The highest BCUT2D eigenvalue weighted by Gasteiger charge is 2.37. The van der Waals surface area contributed by atoms with Crippen molar-refractivity contribution >= 4 is 29.3 Å². The molecule has 1 aliphatic carbocycles. The number of carbonyl (C=O) groups excluding carboxylic acids is 1. The van der Waals surface area contributed by atoms with E-state index in [1.807, 2.05) is 16.7 Å². The molecule has 0 radical (unpaired) electrons. The van der Waals surface area contributed by atoms with Crippen LogP contribution in [0.3, 0.4) is 0 Å². The number of rotatable bonds is 3. The van der Waals surface area contributed by atoms with E-state index in [1.54, 1.807) is 0 Å². The molecule has 74 valence electrons.